The van der Waals surface area contributed by atoms with Crippen LogP contribution in [-0.4, -0.2) is 43.8 Å². The highest BCUT2D eigenvalue weighted by Crippen LogP contribution is 2.18. The van der Waals surface area contributed by atoms with Crippen molar-refractivity contribution in [2.45, 2.75) is 18.6 Å². The molecule has 0 radical (unpaired) electrons. The number of hydrogen-bond donors (Lipinski definition) is 2. The van der Waals surface area contributed by atoms with Gasteiger partial charge in [0.25, 0.3) is 0 Å². The van der Waals surface area contributed by atoms with Crippen molar-refractivity contribution in [2.75, 3.05) is 26.7 Å². The number of morpholine rings is 1. The average molecular weight is 288 g/mol. The van der Waals surface area contributed by atoms with E-state index in [0.29, 0.717) is 13.0 Å². The highest BCUT2D eigenvalue weighted by molar-refractivity contribution is 6.30. The molecule has 19 heavy (non-hydrogen) atoms. The lowest BCUT2D eigenvalue weighted by Crippen LogP contribution is -2.54. The summed E-state index contributed by atoms with van der Waals surface area (Å²) in [5.74, 6) is 5.19. The van der Waals surface area contributed by atoms with Gasteiger partial charge in [-0.05, 0) is 31.2 Å². The zero-order valence-electron chi connectivity index (χ0n) is 10.9. The molecule has 0 aromatic heterocycles. The third-order valence-electron chi connectivity index (χ3n) is 3.40. The van der Waals surface area contributed by atoms with Gasteiger partial charge in [-0.15, -0.1) is 0 Å². The lowest BCUT2D eigenvalue weighted by molar-refractivity contribution is -0.0384. The second-order valence-corrected chi connectivity index (χ2v) is 5.30. The lowest BCUT2D eigenvalue weighted by Gasteiger charge is -2.35. The van der Waals surface area contributed by atoms with Crippen LogP contribution < -0.4 is 11.3 Å². The van der Waals surface area contributed by atoms with Gasteiger partial charge in [-0.3, -0.25) is 11.3 Å². The van der Waals surface area contributed by atoms with E-state index in [1.807, 2.05) is 13.1 Å². The predicted octanol–water partition coefficient (Wildman–Crippen LogP) is 1.18. The Morgan fingerprint density at radius 2 is 2.42 bits per heavy atom. The summed E-state index contributed by atoms with van der Waals surface area (Å²) < 4.78 is 19.1. The number of rotatable bonds is 4. The van der Waals surface area contributed by atoms with Gasteiger partial charge in [0.1, 0.15) is 5.82 Å². The van der Waals surface area contributed by atoms with E-state index in [1.54, 1.807) is 6.07 Å². The molecule has 3 N–H and O–H groups in total. The van der Waals surface area contributed by atoms with Crippen molar-refractivity contribution >= 4 is 11.6 Å². The molecule has 2 rings (SSSR count). The van der Waals surface area contributed by atoms with Crippen LogP contribution in [0.1, 0.15) is 5.56 Å². The first-order valence-corrected chi connectivity index (χ1v) is 6.68. The van der Waals surface area contributed by atoms with Crippen LogP contribution in [0.4, 0.5) is 4.39 Å². The zero-order valence-corrected chi connectivity index (χ0v) is 11.7. The Balaban J connectivity index is 2.03. The number of ether oxygens (including phenoxy) is 1. The molecule has 0 aliphatic carbocycles. The third-order valence-corrected chi connectivity index (χ3v) is 3.71. The first-order chi connectivity index (χ1) is 9.10. The minimum Gasteiger partial charge on any atom is -0.374 e. The van der Waals surface area contributed by atoms with Crippen molar-refractivity contribution in [1.82, 2.24) is 10.3 Å². The van der Waals surface area contributed by atoms with Gasteiger partial charge in [-0.25, -0.2) is 4.39 Å². The molecule has 1 aliphatic rings. The quantitative estimate of drug-likeness (QED) is 0.645. The predicted molar refractivity (Wildman–Crippen MR) is 73.5 cm³/mol. The van der Waals surface area contributed by atoms with Gasteiger partial charge in [0.15, 0.2) is 0 Å². The largest absolute Gasteiger partial charge is 0.374 e. The molecule has 0 saturated carbocycles. The molecule has 6 heteroatoms. The molecule has 1 heterocycles. The number of hydrogen-bond acceptors (Lipinski definition) is 4. The van der Waals surface area contributed by atoms with Crippen molar-refractivity contribution in [3.63, 3.8) is 0 Å². The molecule has 1 aromatic rings. The lowest BCUT2D eigenvalue weighted by atomic mass is 10.0. The van der Waals surface area contributed by atoms with Crippen LogP contribution >= 0.6 is 11.6 Å². The fourth-order valence-corrected chi connectivity index (χ4v) is 2.39. The molecule has 0 spiro atoms. The van der Waals surface area contributed by atoms with Gasteiger partial charge < -0.3 is 9.64 Å². The standard InChI is InChI=1S/C13H19ClFN3O/c1-18-4-5-19-13(8-18)12(17-16)7-9-2-3-10(14)11(15)6-9/h2-3,6,12-13,17H,4-5,7-8,16H2,1H3. The number of nitrogens with one attached hydrogen (secondary N) is 1. The molecule has 4 nitrogen and oxygen atoms in total. The highest BCUT2D eigenvalue weighted by atomic mass is 35.5. The summed E-state index contributed by atoms with van der Waals surface area (Å²) in [5.41, 5.74) is 3.62. The monoisotopic (exact) mass is 287 g/mol. The summed E-state index contributed by atoms with van der Waals surface area (Å²) in [7, 11) is 2.05. The van der Waals surface area contributed by atoms with Crippen LogP contribution in [0.2, 0.25) is 5.02 Å². The van der Waals surface area contributed by atoms with Crippen LogP contribution in [0, 0.1) is 5.82 Å². The van der Waals surface area contributed by atoms with Gasteiger partial charge in [0, 0.05) is 13.1 Å². The maximum absolute atomic E-state index is 13.4. The molecule has 1 aromatic carbocycles. The van der Waals surface area contributed by atoms with E-state index in [0.717, 1.165) is 18.7 Å². The summed E-state index contributed by atoms with van der Waals surface area (Å²) in [4.78, 5) is 2.20. The minimum absolute atomic E-state index is 0.00230. The summed E-state index contributed by atoms with van der Waals surface area (Å²) in [6.45, 7) is 2.42. The van der Waals surface area contributed by atoms with Gasteiger partial charge in [0.2, 0.25) is 0 Å². The number of halogens is 2. The molecule has 1 aliphatic heterocycles. The van der Waals surface area contributed by atoms with Crippen LogP contribution in [0.15, 0.2) is 18.2 Å². The van der Waals surface area contributed by atoms with Crippen LogP contribution in [0.3, 0.4) is 0 Å². The summed E-state index contributed by atoms with van der Waals surface area (Å²) in [6.07, 6.45) is 0.603. The second kappa shape index (κ2) is 6.63. The molecule has 106 valence electrons. The van der Waals surface area contributed by atoms with E-state index in [9.17, 15) is 4.39 Å². The maximum atomic E-state index is 13.4. The molecule has 1 saturated heterocycles. The Labute approximate surface area is 117 Å². The van der Waals surface area contributed by atoms with Gasteiger partial charge >= 0.3 is 0 Å². The van der Waals surface area contributed by atoms with Crippen molar-refractivity contribution in [3.05, 3.63) is 34.6 Å². The smallest absolute Gasteiger partial charge is 0.142 e. The fourth-order valence-electron chi connectivity index (χ4n) is 2.27. The van der Waals surface area contributed by atoms with E-state index in [4.69, 9.17) is 22.2 Å². The van der Waals surface area contributed by atoms with Crippen molar-refractivity contribution in [1.29, 1.82) is 0 Å². The Kier molecular flexibility index (Phi) is 5.13. The van der Waals surface area contributed by atoms with E-state index in [-0.39, 0.29) is 17.2 Å². The topological polar surface area (TPSA) is 50.5 Å². The van der Waals surface area contributed by atoms with Crippen LogP contribution in [0.25, 0.3) is 0 Å². The first kappa shape index (κ1) is 14.7. The molecule has 1 fully saturated rings. The number of nitrogens with two attached hydrogens (primary N) is 1. The number of likely N-dealkylation sites (N-methyl/N-ethyl adjacent to an activating group) is 1. The highest BCUT2D eigenvalue weighted by Gasteiger charge is 2.26. The van der Waals surface area contributed by atoms with Crippen molar-refractivity contribution < 1.29 is 9.13 Å². The van der Waals surface area contributed by atoms with Crippen molar-refractivity contribution in [3.8, 4) is 0 Å². The number of nitrogens with zero attached hydrogens (tertiary/aromatic N) is 1. The molecular weight excluding hydrogens is 269 g/mol. The van der Waals surface area contributed by atoms with Crippen molar-refractivity contribution in [2.24, 2.45) is 5.84 Å². The van der Waals surface area contributed by atoms with Crippen LogP contribution in [-0.2, 0) is 11.2 Å². The molecule has 2 unspecified atom stereocenters. The first-order valence-electron chi connectivity index (χ1n) is 6.30. The average Bonchev–Trinajstić information content (AvgIpc) is 2.40. The van der Waals surface area contributed by atoms with Gasteiger partial charge in [-0.2, -0.15) is 0 Å². The van der Waals surface area contributed by atoms with E-state index in [1.165, 1.54) is 6.07 Å². The van der Waals surface area contributed by atoms with Gasteiger partial charge in [-0.1, -0.05) is 17.7 Å². The van der Waals surface area contributed by atoms with E-state index >= 15 is 0 Å². The molecule has 0 bridgehead atoms. The fraction of sp³-hybridized carbons (Fsp3) is 0.538. The zero-order chi connectivity index (χ0) is 13.8. The third kappa shape index (κ3) is 3.87. The Morgan fingerprint density at radius 1 is 1.63 bits per heavy atom. The molecule has 2 atom stereocenters. The van der Waals surface area contributed by atoms with Gasteiger partial charge in [0.05, 0.1) is 23.8 Å². The Morgan fingerprint density at radius 3 is 3.05 bits per heavy atom. The second-order valence-electron chi connectivity index (χ2n) is 4.90. The van der Waals surface area contributed by atoms with Crippen LogP contribution in [0.5, 0.6) is 0 Å². The summed E-state index contributed by atoms with van der Waals surface area (Å²) in [5, 5.41) is 0.134. The molecule has 0 amide bonds. The summed E-state index contributed by atoms with van der Waals surface area (Å²) in [6, 6.07) is 4.76. The number of hydrazine groups is 1. The minimum atomic E-state index is -0.406. The Hall–Kier alpha value is -0.720. The van der Waals surface area contributed by atoms with E-state index in [2.05, 4.69) is 10.3 Å². The SMILES string of the molecule is CN1CCOC(C(Cc2ccc(Cl)c(F)c2)NN)C1. The molecular formula is C13H19ClFN3O. The summed E-state index contributed by atoms with van der Waals surface area (Å²) >= 11 is 5.67. The Bertz CT molecular complexity index is 432. The van der Waals surface area contributed by atoms with E-state index < -0.39 is 5.82 Å². The maximum Gasteiger partial charge on any atom is 0.142 e. The normalized spacial score (nSPS) is 22.4. The number of benzene rings is 1.